The number of hydrogen-bond acceptors (Lipinski definition) is 3. The van der Waals surface area contributed by atoms with E-state index < -0.39 is 0 Å². The van der Waals surface area contributed by atoms with E-state index in [0.717, 1.165) is 22.4 Å². The molecule has 0 radical (unpaired) electrons. The summed E-state index contributed by atoms with van der Waals surface area (Å²) in [6.45, 7) is 2.17. The van der Waals surface area contributed by atoms with Gasteiger partial charge >= 0.3 is 5.97 Å². The first-order valence-corrected chi connectivity index (χ1v) is 10.6. The fourth-order valence-electron chi connectivity index (χ4n) is 3.97. The van der Waals surface area contributed by atoms with E-state index in [9.17, 15) is 4.79 Å². The molecule has 0 saturated heterocycles. The Bertz CT molecular complexity index is 1190. The Balaban J connectivity index is 1.71. The van der Waals surface area contributed by atoms with Gasteiger partial charge in [-0.3, -0.25) is 4.79 Å². The van der Waals surface area contributed by atoms with Crippen molar-refractivity contribution in [2.24, 2.45) is 7.05 Å². The lowest BCUT2D eigenvalue weighted by atomic mass is 9.97. The molecule has 0 amide bonds. The standard InChI is InChI=1S/C27H28N2O2/c1-19(21-7-5-4-6-8-21)28-25-12-9-20(10-14-27(30)31-3)17-24(25)22-11-13-26-23(18-22)15-16-29(26)2/h4-9,11-13,15-19,28H,10,14H2,1-3H3. The maximum absolute atomic E-state index is 11.6. The first kappa shape index (κ1) is 20.7. The summed E-state index contributed by atoms with van der Waals surface area (Å²) in [6, 6.07) is 25.7. The van der Waals surface area contributed by atoms with Crippen molar-refractivity contribution in [2.45, 2.75) is 25.8 Å². The highest BCUT2D eigenvalue weighted by Crippen LogP contribution is 2.34. The van der Waals surface area contributed by atoms with Crippen LogP contribution in [0.15, 0.2) is 79.0 Å². The number of methoxy groups -OCH3 is 1. The molecule has 158 valence electrons. The van der Waals surface area contributed by atoms with Crippen LogP contribution in [-0.4, -0.2) is 17.6 Å². The molecule has 1 unspecified atom stereocenters. The fourth-order valence-corrected chi connectivity index (χ4v) is 3.97. The van der Waals surface area contributed by atoms with Crippen molar-refractivity contribution >= 4 is 22.6 Å². The summed E-state index contributed by atoms with van der Waals surface area (Å²) in [7, 11) is 3.49. The second-order valence-corrected chi connectivity index (χ2v) is 7.93. The summed E-state index contributed by atoms with van der Waals surface area (Å²) in [5.41, 5.74) is 6.93. The molecule has 0 aliphatic heterocycles. The van der Waals surface area contributed by atoms with Crippen LogP contribution in [0.3, 0.4) is 0 Å². The number of esters is 1. The van der Waals surface area contributed by atoms with Crippen LogP contribution in [0.5, 0.6) is 0 Å². The molecule has 4 aromatic rings. The molecule has 0 spiro atoms. The van der Waals surface area contributed by atoms with Gasteiger partial charge in [0.05, 0.1) is 7.11 Å². The Morgan fingerprint density at radius 3 is 2.61 bits per heavy atom. The van der Waals surface area contributed by atoms with E-state index in [-0.39, 0.29) is 12.0 Å². The van der Waals surface area contributed by atoms with Gasteiger partial charge in [-0.15, -0.1) is 0 Å². The molecule has 4 rings (SSSR count). The van der Waals surface area contributed by atoms with Crippen molar-refractivity contribution in [2.75, 3.05) is 12.4 Å². The Labute approximate surface area is 183 Å². The zero-order valence-electron chi connectivity index (χ0n) is 18.3. The number of anilines is 1. The summed E-state index contributed by atoms with van der Waals surface area (Å²) in [5, 5.41) is 4.90. The average molecular weight is 413 g/mol. The van der Waals surface area contributed by atoms with Crippen molar-refractivity contribution < 1.29 is 9.53 Å². The minimum Gasteiger partial charge on any atom is -0.469 e. The number of aryl methyl sites for hydroxylation is 2. The molecule has 1 aromatic heterocycles. The molecule has 0 aliphatic carbocycles. The van der Waals surface area contributed by atoms with Gasteiger partial charge in [0.25, 0.3) is 0 Å². The summed E-state index contributed by atoms with van der Waals surface area (Å²) in [5.74, 6) is -0.188. The number of carbonyl (C=O) groups is 1. The molecule has 1 atom stereocenters. The molecule has 0 bridgehead atoms. The SMILES string of the molecule is COC(=O)CCc1ccc(NC(C)c2ccccc2)c(-c2ccc3c(ccn3C)c2)c1. The smallest absolute Gasteiger partial charge is 0.305 e. The molecule has 3 aromatic carbocycles. The summed E-state index contributed by atoms with van der Waals surface area (Å²) >= 11 is 0. The Morgan fingerprint density at radius 2 is 1.84 bits per heavy atom. The molecule has 0 saturated carbocycles. The van der Waals surface area contributed by atoms with E-state index in [0.29, 0.717) is 12.8 Å². The van der Waals surface area contributed by atoms with Crippen molar-refractivity contribution in [3.8, 4) is 11.1 Å². The quantitative estimate of drug-likeness (QED) is 0.372. The second-order valence-electron chi connectivity index (χ2n) is 7.93. The third kappa shape index (κ3) is 4.64. The zero-order chi connectivity index (χ0) is 21.8. The number of nitrogens with one attached hydrogen (secondary N) is 1. The van der Waals surface area contributed by atoms with E-state index in [4.69, 9.17) is 4.74 Å². The molecule has 1 N–H and O–H groups in total. The summed E-state index contributed by atoms with van der Waals surface area (Å²) in [6.07, 6.45) is 3.11. The topological polar surface area (TPSA) is 43.3 Å². The van der Waals surface area contributed by atoms with Crippen molar-refractivity contribution in [3.05, 3.63) is 90.1 Å². The van der Waals surface area contributed by atoms with Gasteiger partial charge in [0.2, 0.25) is 0 Å². The first-order chi connectivity index (χ1) is 15.0. The lowest BCUT2D eigenvalue weighted by Gasteiger charge is -2.20. The van der Waals surface area contributed by atoms with Gasteiger partial charge in [0.15, 0.2) is 0 Å². The van der Waals surface area contributed by atoms with Crippen LogP contribution in [-0.2, 0) is 23.0 Å². The van der Waals surface area contributed by atoms with Gasteiger partial charge in [-0.05, 0) is 60.4 Å². The number of carbonyl (C=O) groups excluding carboxylic acids is 1. The predicted octanol–water partition coefficient (Wildman–Crippen LogP) is 6.12. The monoisotopic (exact) mass is 412 g/mol. The number of hydrogen-bond donors (Lipinski definition) is 1. The van der Waals surface area contributed by atoms with E-state index in [1.807, 2.05) is 6.07 Å². The maximum atomic E-state index is 11.6. The number of nitrogens with zero attached hydrogens (tertiary/aromatic N) is 1. The van der Waals surface area contributed by atoms with Crippen LogP contribution < -0.4 is 5.32 Å². The number of fused-ring (bicyclic) bond motifs is 1. The predicted molar refractivity (Wildman–Crippen MR) is 127 cm³/mol. The van der Waals surface area contributed by atoms with Crippen LogP contribution >= 0.6 is 0 Å². The Hall–Kier alpha value is -3.53. The highest BCUT2D eigenvalue weighted by molar-refractivity contribution is 5.89. The van der Waals surface area contributed by atoms with Crippen LogP contribution in [0.25, 0.3) is 22.0 Å². The maximum Gasteiger partial charge on any atom is 0.305 e. The first-order valence-electron chi connectivity index (χ1n) is 10.6. The van der Waals surface area contributed by atoms with E-state index >= 15 is 0 Å². The summed E-state index contributed by atoms with van der Waals surface area (Å²) in [4.78, 5) is 11.6. The molecule has 4 heteroatoms. The van der Waals surface area contributed by atoms with E-state index in [1.54, 1.807) is 0 Å². The fraction of sp³-hybridized carbons (Fsp3) is 0.222. The third-order valence-electron chi connectivity index (χ3n) is 5.80. The van der Waals surface area contributed by atoms with Crippen molar-refractivity contribution in [3.63, 3.8) is 0 Å². The minimum absolute atomic E-state index is 0.168. The number of rotatable bonds is 7. The van der Waals surface area contributed by atoms with Gasteiger partial charge in [0, 0.05) is 47.9 Å². The molecule has 31 heavy (non-hydrogen) atoms. The number of benzene rings is 3. The van der Waals surface area contributed by atoms with Crippen LogP contribution in [0, 0.1) is 0 Å². The minimum atomic E-state index is -0.188. The molecular formula is C27H28N2O2. The van der Waals surface area contributed by atoms with E-state index in [1.165, 1.54) is 23.6 Å². The van der Waals surface area contributed by atoms with Crippen LogP contribution in [0.2, 0.25) is 0 Å². The van der Waals surface area contributed by atoms with Crippen molar-refractivity contribution in [1.82, 2.24) is 4.57 Å². The molecule has 4 nitrogen and oxygen atoms in total. The van der Waals surface area contributed by atoms with Crippen LogP contribution in [0.4, 0.5) is 5.69 Å². The normalized spacial score (nSPS) is 12.0. The second kappa shape index (κ2) is 9.09. The zero-order valence-corrected chi connectivity index (χ0v) is 18.3. The highest BCUT2D eigenvalue weighted by atomic mass is 16.5. The van der Waals surface area contributed by atoms with Crippen LogP contribution in [0.1, 0.15) is 30.5 Å². The lowest BCUT2D eigenvalue weighted by molar-refractivity contribution is -0.140. The van der Waals surface area contributed by atoms with Gasteiger partial charge in [-0.1, -0.05) is 42.5 Å². The van der Waals surface area contributed by atoms with Crippen molar-refractivity contribution in [1.29, 1.82) is 0 Å². The lowest BCUT2D eigenvalue weighted by Crippen LogP contribution is -2.08. The number of aromatic nitrogens is 1. The third-order valence-corrected chi connectivity index (χ3v) is 5.80. The Kier molecular flexibility index (Phi) is 6.08. The van der Waals surface area contributed by atoms with Gasteiger partial charge < -0.3 is 14.6 Å². The molecular weight excluding hydrogens is 384 g/mol. The molecule has 0 aliphatic rings. The van der Waals surface area contributed by atoms with E-state index in [2.05, 4.69) is 96.8 Å². The molecule has 0 fully saturated rings. The summed E-state index contributed by atoms with van der Waals surface area (Å²) < 4.78 is 6.94. The average Bonchev–Trinajstić information content (AvgIpc) is 3.18. The van der Waals surface area contributed by atoms with Gasteiger partial charge in [-0.25, -0.2) is 0 Å². The molecule has 1 heterocycles. The number of ether oxygens (including phenoxy) is 1. The highest BCUT2D eigenvalue weighted by Gasteiger charge is 2.13. The van der Waals surface area contributed by atoms with Gasteiger partial charge in [-0.2, -0.15) is 0 Å². The largest absolute Gasteiger partial charge is 0.469 e. The van der Waals surface area contributed by atoms with Gasteiger partial charge in [0.1, 0.15) is 0 Å². The Morgan fingerprint density at radius 1 is 1.03 bits per heavy atom.